The van der Waals surface area contributed by atoms with E-state index in [2.05, 4.69) is 21.7 Å². The molecule has 0 spiro atoms. The summed E-state index contributed by atoms with van der Waals surface area (Å²) in [6, 6.07) is 7.46. The number of hydrogen-bond donors (Lipinski definition) is 2. The number of piperidine rings is 1. The van der Waals surface area contributed by atoms with E-state index in [1.807, 2.05) is 24.3 Å². The van der Waals surface area contributed by atoms with Gasteiger partial charge in [-0.2, -0.15) is 0 Å². The molecule has 0 atom stereocenters. The van der Waals surface area contributed by atoms with Crippen molar-refractivity contribution in [1.82, 2.24) is 14.7 Å². The maximum atomic E-state index is 7.42. The normalized spacial score (nSPS) is 19.8. The fraction of sp³-hybridized carbons (Fsp3) is 0.708. The first kappa shape index (κ1) is 23.0. The Morgan fingerprint density at radius 1 is 0.933 bits per heavy atom. The fourth-order valence-electron chi connectivity index (χ4n) is 4.56. The number of unbranched alkanes of at least 4 members (excludes halogenated alkanes) is 1. The van der Waals surface area contributed by atoms with E-state index >= 15 is 0 Å². The van der Waals surface area contributed by atoms with Gasteiger partial charge in [0, 0.05) is 38.3 Å². The molecule has 0 bridgehead atoms. The first-order valence-electron chi connectivity index (χ1n) is 11.8. The summed E-state index contributed by atoms with van der Waals surface area (Å²) in [5, 5.41) is 7.42. The van der Waals surface area contributed by atoms with E-state index in [0.29, 0.717) is 0 Å². The van der Waals surface area contributed by atoms with E-state index < -0.39 is 0 Å². The molecule has 3 N–H and O–H groups in total. The van der Waals surface area contributed by atoms with Crippen LogP contribution in [0.5, 0.6) is 5.75 Å². The molecule has 0 saturated carbocycles. The monoisotopic (exact) mass is 415 g/mol. The Bertz CT molecular complexity index is 619. The van der Waals surface area contributed by atoms with Crippen LogP contribution in [0.1, 0.15) is 44.1 Å². The first-order chi connectivity index (χ1) is 14.6. The minimum absolute atomic E-state index is 0.0953. The second-order valence-corrected chi connectivity index (χ2v) is 9.07. The Hall–Kier alpha value is -1.63. The van der Waals surface area contributed by atoms with Crippen molar-refractivity contribution in [1.29, 1.82) is 5.41 Å². The molecule has 2 fully saturated rings. The van der Waals surface area contributed by atoms with Crippen LogP contribution in [0.25, 0.3) is 0 Å². The van der Waals surface area contributed by atoms with Crippen LogP contribution in [0, 0.1) is 11.3 Å². The van der Waals surface area contributed by atoms with Gasteiger partial charge in [0.1, 0.15) is 11.6 Å². The lowest BCUT2D eigenvalue weighted by molar-refractivity contribution is 0.123. The van der Waals surface area contributed by atoms with Gasteiger partial charge < -0.3 is 25.2 Å². The maximum absolute atomic E-state index is 7.42. The molecule has 0 amide bonds. The van der Waals surface area contributed by atoms with Gasteiger partial charge in [-0.1, -0.05) is 12.8 Å². The molecule has 3 rings (SSSR count). The number of amidine groups is 1. The highest BCUT2D eigenvalue weighted by atomic mass is 16.5. The lowest BCUT2D eigenvalue weighted by Gasteiger charge is -2.35. The van der Waals surface area contributed by atoms with E-state index in [0.717, 1.165) is 36.8 Å². The molecule has 2 saturated heterocycles. The Morgan fingerprint density at radius 3 is 2.13 bits per heavy atom. The van der Waals surface area contributed by atoms with Gasteiger partial charge in [-0.25, -0.2) is 0 Å². The predicted octanol–water partition coefficient (Wildman–Crippen LogP) is 2.87. The van der Waals surface area contributed by atoms with E-state index in [1.54, 1.807) is 0 Å². The van der Waals surface area contributed by atoms with Crippen LogP contribution >= 0.6 is 0 Å². The number of likely N-dealkylation sites (tertiary alicyclic amines) is 1. The highest BCUT2D eigenvalue weighted by Gasteiger charge is 2.18. The molecule has 0 aromatic heterocycles. The van der Waals surface area contributed by atoms with E-state index in [-0.39, 0.29) is 5.84 Å². The topological polar surface area (TPSA) is 68.8 Å². The zero-order chi connectivity index (χ0) is 21.2. The summed E-state index contributed by atoms with van der Waals surface area (Å²) >= 11 is 0. The van der Waals surface area contributed by atoms with Gasteiger partial charge in [-0.15, -0.1) is 0 Å². The largest absolute Gasteiger partial charge is 0.494 e. The summed E-state index contributed by atoms with van der Waals surface area (Å²) in [7, 11) is 2.25. The molecule has 0 aliphatic carbocycles. The summed E-state index contributed by atoms with van der Waals surface area (Å²) in [5.41, 5.74) is 6.22. The van der Waals surface area contributed by atoms with Crippen molar-refractivity contribution in [3.8, 4) is 5.75 Å². The third-order valence-corrected chi connectivity index (χ3v) is 6.69. The van der Waals surface area contributed by atoms with Crippen molar-refractivity contribution in [2.24, 2.45) is 11.7 Å². The van der Waals surface area contributed by atoms with E-state index in [9.17, 15) is 0 Å². The highest BCUT2D eigenvalue weighted by molar-refractivity contribution is 5.94. The van der Waals surface area contributed by atoms with Crippen LogP contribution < -0.4 is 10.5 Å². The van der Waals surface area contributed by atoms with E-state index in [1.165, 1.54) is 77.9 Å². The highest BCUT2D eigenvalue weighted by Crippen LogP contribution is 2.21. The smallest absolute Gasteiger partial charge is 0.122 e. The van der Waals surface area contributed by atoms with Crippen LogP contribution in [-0.2, 0) is 0 Å². The second kappa shape index (κ2) is 12.3. The molecule has 6 heteroatoms. The summed E-state index contributed by atoms with van der Waals surface area (Å²) < 4.78 is 5.82. The van der Waals surface area contributed by atoms with Gasteiger partial charge in [-0.05, 0) is 82.5 Å². The maximum Gasteiger partial charge on any atom is 0.122 e. The van der Waals surface area contributed by atoms with Crippen molar-refractivity contribution in [3.05, 3.63) is 29.8 Å². The fourth-order valence-corrected chi connectivity index (χ4v) is 4.56. The van der Waals surface area contributed by atoms with Gasteiger partial charge in [0.05, 0.1) is 6.61 Å². The Labute approximate surface area is 182 Å². The first-order valence-corrected chi connectivity index (χ1v) is 11.8. The number of rotatable bonds is 11. The van der Waals surface area contributed by atoms with Crippen molar-refractivity contribution < 1.29 is 4.74 Å². The molecule has 30 heavy (non-hydrogen) atoms. The van der Waals surface area contributed by atoms with Crippen LogP contribution in [0.3, 0.4) is 0 Å². The Balaban J connectivity index is 1.19. The molecule has 168 valence electrons. The average molecular weight is 416 g/mol. The molecular formula is C24H41N5O. The van der Waals surface area contributed by atoms with Crippen LogP contribution in [0.2, 0.25) is 0 Å². The minimum atomic E-state index is 0.0953. The number of piperazine rings is 1. The average Bonchev–Trinajstić information content (AvgIpc) is 2.77. The second-order valence-electron chi connectivity index (χ2n) is 9.07. The number of ether oxygens (including phenoxy) is 1. The van der Waals surface area contributed by atoms with Gasteiger partial charge in [-0.3, -0.25) is 5.41 Å². The predicted molar refractivity (Wildman–Crippen MR) is 125 cm³/mol. The standard InChI is InChI=1S/C24H41N5O/c1-27-14-10-21(11-15-27)5-2-3-12-28-16-18-29(19-17-28)13-4-20-30-23-8-6-22(7-9-23)24(25)26/h6-9,21H,2-5,10-20H2,1H3,(H3,25,26). The number of benzene rings is 1. The Morgan fingerprint density at radius 2 is 1.53 bits per heavy atom. The molecule has 0 radical (unpaired) electrons. The molecule has 2 heterocycles. The zero-order valence-electron chi connectivity index (χ0n) is 18.8. The number of nitrogen functional groups attached to an aromatic ring is 1. The van der Waals surface area contributed by atoms with Crippen molar-refractivity contribution in [2.75, 3.05) is 66.0 Å². The Kier molecular flexibility index (Phi) is 9.43. The van der Waals surface area contributed by atoms with Gasteiger partial charge >= 0.3 is 0 Å². The summed E-state index contributed by atoms with van der Waals surface area (Å²) in [6.45, 7) is 10.5. The third kappa shape index (κ3) is 7.89. The molecule has 0 unspecified atom stereocenters. The molecule has 6 nitrogen and oxygen atoms in total. The van der Waals surface area contributed by atoms with Crippen molar-refractivity contribution >= 4 is 5.84 Å². The van der Waals surface area contributed by atoms with Crippen molar-refractivity contribution in [2.45, 2.75) is 38.5 Å². The number of hydrogen-bond acceptors (Lipinski definition) is 5. The zero-order valence-corrected chi connectivity index (χ0v) is 18.8. The summed E-state index contributed by atoms with van der Waals surface area (Å²) in [6.07, 6.45) is 8.06. The van der Waals surface area contributed by atoms with Gasteiger partial charge in [0.15, 0.2) is 0 Å². The summed E-state index contributed by atoms with van der Waals surface area (Å²) in [4.78, 5) is 7.68. The SMILES string of the molecule is CN1CCC(CCCCN2CCN(CCCOc3ccc(C(=N)N)cc3)CC2)CC1. The minimum Gasteiger partial charge on any atom is -0.494 e. The quantitative estimate of drug-likeness (QED) is 0.330. The molecule has 1 aromatic carbocycles. The van der Waals surface area contributed by atoms with E-state index in [4.69, 9.17) is 15.9 Å². The number of nitrogens with one attached hydrogen (secondary N) is 1. The lowest BCUT2D eigenvalue weighted by atomic mass is 9.92. The molecular weight excluding hydrogens is 374 g/mol. The van der Waals surface area contributed by atoms with Gasteiger partial charge in [0.2, 0.25) is 0 Å². The van der Waals surface area contributed by atoms with Crippen molar-refractivity contribution in [3.63, 3.8) is 0 Å². The van der Waals surface area contributed by atoms with Crippen LogP contribution in [0.4, 0.5) is 0 Å². The molecule has 2 aliphatic rings. The van der Waals surface area contributed by atoms with Gasteiger partial charge in [0.25, 0.3) is 0 Å². The number of nitrogens with two attached hydrogens (primary N) is 1. The number of nitrogens with zero attached hydrogens (tertiary/aromatic N) is 3. The van der Waals surface area contributed by atoms with Crippen LogP contribution in [-0.4, -0.2) is 86.5 Å². The third-order valence-electron chi connectivity index (χ3n) is 6.69. The van der Waals surface area contributed by atoms with Crippen LogP contribution in [0.15, 0.2) is 24.3 Å². The molecule has 1 aromatic rings. The summed E-state index contributed by atoms with van der Waals surface area (Å²) in [5.74, 6) is 1.93. The lowest BCUT2D eigenvalue weighted by Crippen LogP contribution is -2.46. The molecule has 2 aliphatic heterocycles.